The van der Waals surface area contributed by atoms with Gasteiger partial charge in [-0.2, -0.15) is 0 Å². The van der Waals surface area contributed by atoms with Crippen molar-refractivity contribution in [1.29, 1.82) is 0 Å². The Morgan fingerprint density at radius 2 is 1.46 bits per heavy atom. The third kappa shape index (κ3) is 6.11. The number of sulfone groups is 1. The normalized spacial score (nSPS) is 12.1. The Morgan fingerprint density at radius 3 is 2.00 bits per heavy atom. The zero-order valence-electron chi connectivity index (χ0n) is 16.2. The minimum absolute atomic E-state index is 0.0938. The van der Waals surface area contributed by atoms with E-state index in [1.54, 1.807) is 45.6 Å². The number of rotatable bonds is 11. The van der Waals surface area contributed by atoms with Crippen molar-refractivity contribution in [3.8, 4) is 5.75 Å². The minimum atomic E-state index is -3.53. The van der Waals surface area contributed by atoms with Gasteiger partial charge in [-0.25, -0.2) is 12.8 Å². The molecule has 9 heteroatoms. The minimum Gasteiger partial charge on any atom is -0.494 e. The molecule has 0 aromatic heterocycles. The zero-order chi connectivity index (χ0) is 20.6. The highest BCUT2D eigenvalue weighted by Gasteiger charge is 2.36. The van der Waals surface area contributed by atoms with Crippen LogP contribution in [0.2, 0.25) is 6.04 Å². The summed E-state index contributed by atoms with van der Waals surface area (Å²) in [6.45, 7) is 0.456. The van der Waals surface area contributed by atoms with Crippen LogP contribution in [0.1, 0.15) is 12.0 Å². The Bertz CT molecular complexity index is 827. The number of hydrogen-bond donors (Lipinski definition) is 0. The van der Waals surface area contributed by atoms with Crippen LogP contribution in [0.25, 0.3) is 0 Å². The van der Waals surface area contributed by atoms with Gasteiger partial charge in [-0.3, -0.25) is 0 Å². The van der Waals surface area contributed by atoms with Crippen LogP contribution in [-0.4, -0.2) is 45.2 Å². The maximum absolute atomic E-state index is 13.0. The fourth-order valence-electron chi connectivity index (χ4n) is 2.66. The molecule has 2 aromatic carbocycles. The molecule has 0 atom stereocenters. The summed E-state index contributed by atoms with van der Waals surface area (Å²) >= 11 is 0. The molecular formula is C19H25FO6SSi. The summed E-state index contributed by atoms with van der Waals surface area (Å²) in [5.41, 5.74) is 0.626. The van der Waals surface area contributed by atoms with Gasteiger partial charge in [-0.15, -0.1) is 0 Å². The number of hydrogen-bond acceptors (Lipinski definition) is 6. The largest absolute Gasteiger partial charge is 0.500 e. The summed E-state index contributed by atoms with van der Waals surface area (Å²) in [5.74, 6) is 0.00651. The molecule has 0 unspecified atom stereocenters. The average Bonchev–Trinajstić information content (AvgIpc) is 2.70. The van der Waals surface area contributed by atoms with Gasteiger partial charge >= 0.3 is 8.80 Å². The highest BCUT2D eigenvalue weighted by molar-refractivity contribution is 7.90. The second-order valence-corrected chi connectivity index (χ2v) is 11.2. The smallest absolute Gasteiger partial charge is 0.494 e. The Kier molecular flexibility index (Phi) is 8.14. The lowest BCUT2D eigenvalue weighted by Gasteiger charge is -2.24. The Morgan fingerprint density at radius 1 is 0.893 bits per heavy atom. The van der Waals surface area contributed by atoms with Crippen LogP contribution in [0.3, 0.4) is 0 Å². The van der Waals surface area contributed by atoms with E-state index in [0.717, 1.165) is 12.1 Å². The summed E-state index contributed by atoms with van der Waals surface area (Å²) in [6.07, 6.45) is 0.697. The number of halogens is 1. The molecule has 0 radical (unpaired) electrons. The van der Waals surface area contributed by atoms with Crippen LogP contribution in [-0.2, 0) is 28.9 Å². The van der Waals surface area contributed by atoms with Gasteiger partial charge in [0.2, 0.25) is 0 Å². The lowest BCUT2D eigenvalue weighted by molar-refractivity contribution is 0.121. The van der Waals surface area contributed by atoms with Crippen LogP contribution in [0.15, 0.2) is 53.4 Å². The molecule has 0 aliphatic heterocycles. The van der Waals surface area contributed by atoms with Gasteiger partial charge in [-0.05, 0) is 48.4 Å². The molecule has 28 heavy (non-hydrogen) atoms. The van der Waals surface area contributed by atoms with Crippen molar-refractivity contribution in [2.45, 2.75) is 23.1 Å². The Hall–Kier alpha value is -1.78. The van der Waals surface area contributed by atoms with E-state index in [1.165, 1.54) is 12.1 Å². The third-order valence-corrected chi connectivity index (χ3v) is 8.82. The second-order valence-electron chi connectivity index (χ2n) is 6.10. The molecule has 0 aliphatic carbocycles. The van der Waals surface area contributed by atoms with Gasteiger partial charge < -0.3 is 18.0 Å². The number of benzene rings is 2. The first kappa shape index (κ1) is 22.5. The van der Waals surface area contributed by atoms with Crippen molar-refractivity contribution in [3.05, 3.63) is 59.9 Å². The zero-order valence-corrected chi connectivity index (χ0v) is 18.0. The second kappa shape index (κ2) is 10.1. The van der Waals surface area contributed by atoms with E-state index in [2.05, 4.69) is 0 Å². The van der Waals surface area contributed by atoms with Gasteiger partial charge in [0, 0.05) is 27.4 Å². The topological polar surface area (TPSA) is 71.1 Å². The van der Waals surface area contributed by atoms with Gasteiger partial charge in [-0.1, -0.05) is 12.1 Å². The van der Waals surface area contributed by atoms with E-state index in [4.69, 9.17) is 18.0 Å². The Balaban J connectivity index is 1.88. The maximum Gasteiger partial charge on any atom is 0.500 e. The first-order valence-corrected chi connectivity index (χ1v) is 12.3. The van der Waals surface area contributed by atoms with Crippen molar-refractivity contribution in [1.82, 2.24) is 0 Å². The monoisotopic (exact) mass is 428 g/mol. The van der Waals surface area contributed by atoms with E-state index in [-0.39, 0.29) is 10.6 Å². The molecule has 0 heterocycles. The van der Waals surface area contributed by atoms with E-state index in [0.29, 0.717) is 30.4 Å². The van der Waals surface area contributed by atoms with Crippen LogP contribution in [0, 0.1) is 5.82 Å². The van der Waals surface area contributed by atoms with E-state index < -0.39 is 24.5 Å². The Labute approximate surface area is 166 Å². The molecule has 0 aliphatic rings. The molecule has 0 bridgehead atoms. The fraction of sp³-hybridized carbons (Fsp3) is 0.368. The third-order valence-electron chi connectivity index (χ3n) is 4.28. The molecule has 0 saturated heterocycles. The van der Waals surface area contributed by atoms with Crippen LogP contribution >= 0.6 is 0 Å². The summed E-state index contributed by atoms with van der Waals surface area (Å²) in [5, 5.41) is 0. The van der Waals surface area contributed by atoms with Crippen molar-refractivity contribution >= 4 is 18.6 Å². The summed E-state index contributed by atoms with van der Waals surface area (Å²) in [6, 6.07) is 12.3. The molecule has 0 amide bonds. The molecule has 2 aromatic rings. The van der Waals surface area contributed by atoms with Crippen molar-refractivity contribution in [2.75, 3.05) is 27.9 Å². The first-order chi connectivity index (χ1) is 13.3. The molecule has 6 nitrogen and oxygen atoms in total. The summed E-state index contributed by atoms with van der Waals surface area (Å²) in [7, 11) is -1.43. The van der Waals surface area contributed by atoms with Crippen molar-refractivity contribution in [3.63, 3.8) is 0 Å². The van der Waals surface area contributed by atoms with E-state index >= 15 is 0 Å². The van der Waals surface area contributed by atoms with Crippen LogP contribution in [0.5, 0.6) is 5.75 Å². The lowest BCUT2D eigenvalue weighted by atomic mass is 10.2. The van der Waals surface area contributed by atoms with Crippen molar-refractivity contribution in [2.24, 2.45) is 0 Å². The highest BCUT2D eigenvalue weighted by Crippen LogP contribution is 2.20. The quantitative estimate of drug-likeness (QED) is 0.310. The molecule has 0 spiro atoms. The average molecular weight is 429 g/mol. The molecule has 2 rings (SSSR count). The van der Waals surface area contributed by atoms with Crippen molar-refractivity contribution < 1.29 is 30.8 Å². The molecule has 154 valence electrons. The first-order valence-electron chi connectivity index (χ1n) is 8.69. The van der Waals surface area contributed by atoms with E-state index in [1.807, 2.05) is 0 Å². The molecule has 0 N–H and O–H groups in total. The molecular weight excluding hydrogens is 403 g/mol. The maximum atomic E-state index is 13.0. The van der Waals surface area contributed by atoms with Gasteiger partial charge in [0.15, 0.2) is 9.84 Å². The molecule has 0 fully saturated rings. The SMILES string of the molecule is CO[Si](CCCOc1ccc(CS(=O)(=O)c2ccc(F)cc2)cc1)(OC)OC. The highest BCUT2D eigenvalue weighted by atomic mass is 32.2. The predicted molar refractivity (Wildman–Crippen MR) is 105 cm³/mol. The summed E-state index contributed by atoms with van der Waals surface area (Å²) < 4.78 is 59.5. The van der Waals surface area contributed by atoms with E-state index in [9.17, 15) is 12.8 Å². The number of ether oxygens (including phenoxy) is 1. The lowest BCUT2D eigenvalue weighted by Crippen LogP contribution is -2.42. The molecule has 0 saturated carbocycles. The standard InChI is InChI=1S/C19H25FO6SSi/c1-23-28(24-2,25-3)14-4-13-26-18-9-5-16(6-10-18)15-27(21,22)19-11-7-17(20)8-12-19/h5-12H,4,13-15H2,1-3H3. The van der Waals surface area contributed by atoms with Gasteiger partial charge in [0.1, 0.15) is 11.6 Å². The predicted octanol–water partition coefficient (Wildman–Crippen LogP) is 3.45. The van der Waals surface area contributed by atoms with Crippen LogP contribution < -0.4 is 4.74 Å². The van der Waals surface area contributed by atoms with Crippen LogP contribution in [0.4, 0.5) is 4.39 Å². The summed E-state index contributed by atoms with van der Waals surface area (Å²) in [4.78, 5) is 0.0938. The fourth-order valence-corrected chi connectivity index (χ4v) is 5.70. The van der Waals surface area contributed by atoms with Gasteiger partial charge in [0.05, 0.1) is 17.3 Å². The van der Waals surface area contributed by atoms with Gasteiger partial charge in [0.25, 0.3) is 0 Å².